The second-order valence-corrected chi connectivity index (χ2v) is 6.29. The number of H-pyrrole nitrogens is 1. The molecule has 3 rings (SSSR count). The largest absolute Gasteiger partial charge is 0.497 e. The topological polar surface area (TPSA) is 51.0 Å². The van der Waals surface area contributed by atoms with Crippen LogP contribution in [0.2, 0.25) is 0 Å². The van der Waals surface area contributed by atoms with Crippen molar-refractivity contribution < 1.29 is 4.74 Å². The molecule has 0 bridgehead atoms. The van der Waals surface area contributed by atoms with E-state index in [0.29, 0.717) is 0 Å². The van der Waals surface area contributed by atoms with Gasteiger partial charge >= 0.3 is 0 Å². The molecule has 0 saturated heterocycles. The second-order valence-electron chi connectivity index (χ2n) is 6.29. The number of fused-ring (bicyclic) bond motifs is 1. The number of aromatic nitrogens is 1. The molecule has 0 aliphatic rings. The van der Waals surface area contributed by atoms with Crippen LogP contribution in [-0.2, 0) is 5.41 Å². The highest BCUT2D eigenvalue weighted by Gasteiger charge is 2.31. The summed E-state index contributed by atoms with van der Waals surface area (Å²) in [5.41, 5.74) is 10.4. The number of nitrogen functional groups attached to an aromatic ring is 1. The molecular formula is C20H24N2O. The third-order valence-corrected chi connectivity index (χ3v) is 4.80. The summed E-state index contributed by atoms with van der Waals surface area (Å²) < 4.78 is 5.42. The molecule has 1 heterocycles. The summed E-state index contributed by atoms with van der Waals surface area (Å²) in [4.78, 5) is 3.36. The number of ether oxygens (including phenoxy) is 1. The fourth-order valence-electron chi connectivity index (χ4n) is 3.54. The van der Waals surface area contributed by atoms with Crippen LogP contribution in [0.3, 0.4) is 0 Å². The number of para-hydroxylation sites is 1. The Hall–Kier alpha value is -2.42. The Balaban J connectivity index is 2.21. The summed E-state index contributed by atoms with van der Waals surface area (Å²) in [5, 5.41) is 1.20. The predicted molar refractivity (Wildman–Crippen MR) is 97.1 cm³/mol. The second kappa shape index (κ2) is 5.99. The van der Waals surface area contributed by atoms with Crippen LogP contribution in [0.1, 0.15) is 37.8 Å². The highest BCUT2D eigenvalue weighted by atomic mass is 16.5. The molecule has 3 nitrogen and oxygen atoms in total. The summed E-state index contributed by atoms with van der Waals surface area (Å²) in [6.45, 7) is 4.53. The van der Waals surface area contributed by atoms with E-state index < -0.39 is 0 Å². The van der Waals surface area contributed by atoms with Gasteiger partial charge < -0.3 is 15.5 Å². The maximum absolute atomic E-state index is 6.12. The fourth-order valence-corrected chi connectivity index (χ4v) is 3.54. The Kier molecular flexibility index (Phi) is 4.03. The standard InChI is InChI=1S/C20H24N2O/c1-4-11-20(2,14-7-5-8-15(12-14)23-3)17-13-22-19-16(17)9-6-10-18(19)21/h5-10,12-13,22H,4,11,21H2,1-3H3. The quantitative estimate of drug-likeness (QED) is 0.661. The van der Waals surface area contributed by atoms with Gasteiger partial charge in [0.2, 0.25) is 0 Å². The van der Waals surface area contributed by atoms with E-state index in [1.165, 1.54) is 16.5 Å². The number of hydrogen-bond donors (Lipinski definition) is 2. The van der Waals surface area contributed by atoms with Crippen molar-refractivity contribution in [3.05, 3.63) is 59.8 Å². The van der Waals surface area contributed by atoms with Crippen molar-refractivity contribution in [1.29, 1.82) is 0 Å². The first-order valence-corrected chi connectivity index (χ1v) is 8.10. The number of nitrogens with two attached hydrogens (primary N) is 1. The van der Waals surface area contributed by atoms with Crippen LogP contribution in [0.15, 0.2) is 48.7 Å². The number of rotatable bonds is 5. The fraction of sp³-hybridized carbons (Fsp3) is 0.300. The Morgan fingerprint density at radius 1 is 1.17 bits per heavy atom. The lowest BCUT2D eigenvalue weighted by atomic mass is 9.73. The van der Waals surface area contributed by atoms with E-state index in [1.54, 1.807) is 7.11 Å². The Morgan fingerprint density at radius 3 is 2.70 bits per heavy atom. The number of methoxy groups -OCH3 is 1. The minimum absolute atomic E-state index is 0.0880. The molecule has 1 atom stereocenters. The van der Waals surface area contributed by atoms with Gasteiger partial charge in [-0.05, 0) is 35.7 Å². The average molecular weight is 308 g/mol. The SMILES string of the molecule is CCCC(C)(c1cccc(OC)c1)c1c[nH]c2c(N)cccc12. The van der Waals surface area contributed by atoms with Crippen molar-refractivity contribution in [1.82, 2.24) is 4.98 Å². The highest BCUT2D eigenvalue weighted by Crippen LogP contribution is 2.41. The van der Waals surface area contributed by atoms with E-state index in [4.69, 9.17) is 10.5 Å². The summed E-state index contributed by atoms with van der Waals surface area (Å²) >= 11 is 0. The highest BCUT2D eigenvalue weighted by molar-refractivity contribution is 5.93. The maximum Gasteiger partial charge on any atom is 0.119 e. The normalized spacial score (nSPS) is 13.9. The monoisotopic (exact) mass is 308 g/mol. The number of hydrogen-bond acceptors (Lipinski definition) is 2. The van der Waals surface area contributed by atoms with Crippen molar-refractivity contribution in [2.45, 2.75) is 32.1 Å². The third-order valence-electron chi connectivity index (χ3n) is 4.80. The van der Waals surface area contributed by atoms with Crippen molar-refractivity contribution >= 4 is 16.6 Å². The van der Waals surface area contributed by atoms with Gasteiger partial charge in [0.1, 0.15) is 5.75 Å². The molecule has 1 aromatic heterocycles. The van der Waals surface area contributed by atoms with Crippen LogP contribution < -0.4 is 10.5 Å². The molecule has 23 heavy (non-hydrogen) atoms. The lowest BCUT2D eigenvalue weighted by molar-refractivity contribution is 0.412. The van der Waals surface area contributed by atoms with E-state index in [-0.39, 0.29) is 5.41 Å². The molecule has 0 radical (unpaired) electrons. The predicted octanol–water partition coefficient (Wildman–Crippen LogP) is 4.86. The van der Waals surface area contributed by atoms with Gasteiger partial charge in [0, 0.05) is 17.0 Å². The summed E-state index contributed by atoms with van der Waals surface area (Å²) in [5.74, 6) is 0.893. The first-order chi connectivity index (χ1) is 11.1. The summed E-state index contributed by atoms with van der Waals surface area (Å²) in [6.07, 6.45) is 4.26. The lowest BCUT2D eigenvalue weighted by Gasteiger charge is -2.30. The molecule has 0 fully saturated rings. The van der Waals surface area contributed by atoms with Crippen LogP contribution in [0.5, 0.6) is 5.75 Å². The minimum Gasteiger partial charge on any atom is -0.497 e. The lowest BCUT2D eigenvalue weighted by Crippen LogP contribution is -2.23. The van der Waals surface area contributed by atoms with Gasteiger partial charge in [-0.15, -0.1) is 0 Å². The molecule has 0 saturated carbocycles. The number of nitrogens with one attached hydrogen (secondary N) is 1. The molecule has 3 heteroatoms. The molecule has 0 aliphatic heterocycles. The van der Waals surface area contributed by atoms with Gasteiger partial charge in [-0.3, -0.25) is 0 Å². The number of benzene rings is 2. The zero-order chi connectivity index (χ0) is 16.4. The molecule has 0 amide bonds. The van der Waals surface area contributed by atoms with Crippen molar-refractivity contribution in [2.24, 2.45) is 0 Å². The Labute approximate surface area is 137 Å². The van der Waals surface area contributed by atoms with Crippen LogP contribution >= 0.6 is 0 Å². The maximum atomic E-state index is 6.12. The average Bonchev–Trinajstić information content (AvgIpc) is 3.01. The smallest absolute Gasteiger partial charge is 0.119 e. The minimum atomic E-state index is -0.0880. The third kappa shape index (κ3) is 2.56. The number of anilines is 1. The molecule has 3 aromatic rings. The summed E-state index contributed by atoms with van der Waals surface area (Å²) in [6, 6.07) is 14.5. The van der Waals surface area contributed by atoms with Gasteiger partial charge in [0.15, 0.2) is 0 Å². The van der Waals surface area contributed by atoms with Gasteiger partial charge in [0.25, 0.3) is 0 Å². The van der Waals surface area contributed by atoms with Crippen molar-refractivity contribution in [2.75, 3.05) is 12.8 Å². The first kappa shape index (κ1) is 15.5. The van der Waals surface area contributed by atoms with Gasteiger partial charge in [-0.1, -0.05) is 44.5 Å². The molecule has 2 aromatic carbocycles. The van der Waals surface area contributed by atoms with Crippen LogP contribution in [0.25, 0.3) is 10.9 Å². The van der Waals surface area contributed by atoms with Crippen molar-refractivity contribution in [3.63, 3.8) is 0 Å². The zero-order valence-electron chi connectivity index (χ0n) is 14.0. The van der Waals surface area contributed by atoms with Gasteiger partial charge in [-0.25, -0.2) is 0 Å². The van der Waals surface area contributed by atoms with Crippen LogP contribution in [-0.4, -0.2) is 12.1 Å². The van der Waals surface area contributed by atoms with E-state index in [1.807, 2.05) is 18.2 Å². The summed E-state index contributed by atoms with van der Waals surface area (Å²) in [7, 11) is 1.71. The van der Waals surface area contributed by atoms with Gasteiger partial charge in [-0.2, -0.15) is 0 Å². The zero-order valence-corrected chi connectivity index (χ0v) is 14.0. The molecule has 120 valence electrons. The molecule has 0 aliphatic carbocycles. The molecular weight excluding hydrogens is 284 g/mol. The van der Waals surface area contributed by atoms with E-state index in [0.717, 1.165) is 29.8 Å². The van der Waals surface area contributed by atoms with Gasteiger partial charge in [0.05, 0.1) is 18.3 Å². The Bertz CT molecular complexity index is 821. The number of aromatic amines is 1. The molecule has 3 N–H and O–H groups in total. The van der Waals surface area contributed by atoms with E-state index >= 15 is 0 Å². The first-order valence-electron chi connectivity index (χ1n) is 8.10. The molecule has 0 spiro atoms. The van der Waals surface area contributed by atoms with E-state index in [2.05, 4.69) is 49.3 Å². The van der Waals surface area contributed by atoms with Crippen LogP contribution in [0, 0.1) is 0 Å². The van der Waals surface area contributed by atoms with E-state index in [9.17, 15) is 0 Å². The molecule has 1 unspecified atom stereocenters. The Morgan fingerprint density at radius 2 is 1.96 bits per heavy atom. The van der Waals surface area contributed by atoms with Crippen LogP contribution in [0.4, 0.5) is 5.69 Å². The van der Waals surface area contributed by atoms with Crippen molar-refractivity contribution in [3.8, 4) is 5.75 Å².